The van der Waals surface area contributed by atoms with Crippen LogP contribution < -0.4 is 5.73 Å². The summed E-state index contributed by atoms with van der Waals surface area (Å²) in [5.74, 6) is 0. The van der Waals surface area contributed by atoms with Gasteiger partial charge in [0.2, 0.25) is 0 Å². The molecular formula is C9H11NO. The van der Waals surface area contributed by atoms with Crippen LogP contribution in [0.5, 0.6) is 0 Å². The molecular weight excluding hydrogens is 138 g/mol. The number of hydrogen-bond acceptors (Lipinski definition) is 2. The van der Waals surface area contributed by atoms with E-state index < -0.39 is 0 Å². The lowest BCUT2D eigenvalue weighted by Crippen LogP contribution is -2.11. The first-order chi connectivity index (χ1) is 5.38. The molecule has 1 heterocycles. The lowest BCUT2D eigenvalue weighted by molar-refractivity contribution is 0.111. The number of fused-ring (bicyclic) bond motifs is 1. The number of rotatable bonds is 0. The molecule has 2 heteroatoms. The lowest BCUT2D eigenvalue weighted by Gasteiger charge is -2.17. The van der Waals surface area contributed by atoms with Gasteiger partial charge in [-0.3, -0.25) is 0 Å². The molecule has 0 saturated heterocycles. The van der Waals surface area contributed by atoms with Crippen LogP contribution in [-0.2, 0) is 17.8 Å². The van der Waals surface area contributed by atoms with Crippen molar-refractivity contribution < 1.29 is 4.74 Å². The highest BCUT2D eigenvalue weighted by molar-refractivity contribution is 5.51. The Morgan fingerprint density at radius 3 is 3.09 bits per heavy atom. The van der Waals surface area contributed by atoms with E-state index in [0.29, 0.717) is 6.61 Å². The molecule has 0 amide bonds. The average molecular weight is 149 g/mol. The molecule has 1 aliphatic rings. The van der Waals surface area contributed by atoms with Gasteiger partial charge in [-0.05, 0) is 18.1 Å². The number of anilines is 1. The van der Waals surface area contributed by atoms with E-state index in [2.05, 4.69) is 6.07 Å². The van der Waals surface area contributed by atoms with Gasteiger partial charge in [-0.2, -0.15) is 0 Å². The molecule has 0 bridgehead atoms. The molecule has 58 valence electrons. The molecule has 0 radical (unpaired) electrons. The number of benzene rings is 1. The predicted molar refractivity (Wildman–Crippen MR) is 44.2 cm³/mol. The van der Waals surface area contributed by atoms with Crippen LogP contribution in [0.1, 0.15) is 11.1 Å². The molecule has 2 nitrogen and oxygen atoms in total. The molecule has 11 heavy (non-hydrogen) atoms. The Bertz CT molecular complexity index is 270. The minimum atomic E-state index is 0.683. The number of ether oxygens (including phenoxy) is 1. The van der Waals surface area contributed by atoms with Gasteiger partial charge in [-0.15, -0.1) is 0 Å². The summed E-state index contributed by atoms with van der Waals surface area (Å²) in [6.45, 7) is 1.51. The number of nitrogens with two attached hydrogens (primary N) is 1. The summed E-state index contributed by atoms with van der Waals surface area (Å²) in [6.07, 6.45) is 1.00. The van der Waals surface area contributed by atoms with Crippen LogP contribution >= 0.6 is 0 Å². The van der Waals surface area contributed by atoms with Gasteiger partial charge < -0.3 is 10.5 Å². The van der Waals surface area contributed by atoms with Crippen molar-refractivity contribution in [2.45, 2.75) is 13.0 Å². The van der Waals surface area contributed by atoms with Crippen molar-refractivity contribution in [2.75, 3.05) is 12.3 Å². The molecule has 2 N–H and O–H groups in total. The molecule has 0 aromatic heterocycles. The fourth-order valence-electron chi connectivity index (χ4n) is 1.42. The Labute approximate surface area is 66.0 Å². The third-order valence-corrected chi connectivity index (χ3v) is 2.07. The summed E-state index contributed by atoms with van der Waals surface area (Å²) < 4.78 is 5.30. The first-order valence-electron chi connectivity index (χ1n) is 3.82. The quantitative estimate of drug-likeness (QED) is 0.565. The molecule has 2 rings (SSSR count). The molecule has 0 spiro atoms. The fraction of sp³-hybridized carbons (Fsp3) is 0.333. The first kappa shape index (κ1) is 6.68. The van der Waals surface area contributed by atoms with Gasteiger partial charge in [-0.25, -0.2) is 0 Å². The normalized spacial score (nSPS) is 16.0. The topological polar surface area (TPSA) is 35.2 Å². The highest BCUT2D eigenvalue weighted by Gasteiger charge is 2.10. The smallest absolute Gasteiger partial charge is 0.0739 e. The zero-order valence-electron chi connectivity index (χ0n) is 6.34. The van der Waals surface area contributed by atoms with E-state index in [4.69, 9.17) is 10.5 Å². The monoisotopic (exact) mass is 149 g/mol. The molecule has 1 aromatic carbocycles. The van der Waals surface area contributed by atoms with E-state index in [9.17, 15) is 0 Å². The van der Waals surface area contributed by atoms with Crippen molar-refractivity contribution >= 4 is 5.69 Å². The molecule has 1 aromatic rings. The van der Waals surface area contributed by atoms with Crippen LogP contribution in [0, 0.1) is 0 Å². The second kappa shape index (κ2) is 2.55. The van der Waals surface area contributed by atoms with Crippen LogP contribution in [0.3, 0.4) is 0 Å². The Morgan fingerprint density at radius 2 is 2.27 bits per heavy atom. The van der Waals surface area contributed by atoms with Crippen LogP contribution in [0.15, 0.2) is 18.2 Å². The lowest BCUT2D eigenvalue weighted by atomic mass is 10.0. The van der Waals surface area contributed by atoms with Crippen LogP contribution in [-0.4, -0.2) is 6.61 Å². The van der Waals surface area contributed by atoms with Crippen molar-refractivity contribution in [2.24, 2.45) is 0 Å². The molecule has 0 saturated carbocycles. The maximum absolute atomic E-state index is 5.76. The summed E-state index contributed by atoms with van der Waals surface area (Å²) in [7, 11) is 0. The van der Waals surface area contributed by atoms with Crippen LogP contribution in [0.25, 0.3) is 0 Å². The van der Waals surface area contributed by atoms with E-state index in [-0.39, 0.29) is 0 Å². The summed E-state index contributed by atoms with van der Waals surface area (Å²) in [5, 5.41) is 0. The Morgan fingerprint density at radius 1 is 1.36 bits per heavy atom. The minimum Gasteiger partial charge on any atom is -0.398 e. The molecule has 1 aliphatic heterocycles. The average Bonchev–Trinajstić information content (AvgIpc) is 2.06. The van der Waals surface area contributed by atoms with Gasteiger partial charge in [0.1, 0.15) is 0 Å². The van der Waals surface area contributed by atoms with E-state index in [1.165, 1.54) is 11.1 Å². The van der Waals surface area contributed by atoms with Crippen molar-refractivity contribution in [3.63, 3.8) is 0 Å². The van der Waals surface area contributed by atoms with Gasteiger partial charge in [0.15, 0.2) is 0 Å². The second-order valence-corrected chi connectivity index (χ2v) is 2.79. The zero-order valence-corrected chi connectivity index (χ0v) is 6.34. The van der Waals surface area contributed by atoms with Gasteiger partial charge in [-0.1, -0.05) is 12.1 Å². The van der Waals surface area contributed by atoms with Crippen LogP contribution in [0.2, 0.25) is 0 Å². The van der Waals surface area contributed by atoms with Gasteiger partial charge >= 0.3 is 0 Å². The van der Waals surface area contributed by atoms with Gasteiger partial charge in [0.05, 0.1) is 13.2 Å². The standard InChI is InChI=1S/C9H11NO/c10-9-3-1-2-7-4-5-11-6-8(7)9/h1-3H,4-6,10H2. The van der Waals surface area contributed by atoms with Gasteiger partial charge in [0.25, 0.3) is 0 Å². The second-order valence-electron chi connectivity index (χ2n) is 2.79. The summed E-state index contributed by atoms with van der Waals surface area (Å²) in [6, 6.07) is 6.04. The third kappa shape index (κ3) is 1.10. The third-order valence-electron chi connectivity index (χ3n) is 2.07. The van der Waals surface area contributed by atoms with Crippen molar-refractivity contribution in [1.29, 1.82) is 0 Å². The molecule has 0 aliphatic carbocycles. The highest BCUT2D eigenvalue weighted by atomic mass is 16.5. The Kier molecular flexibility index (Phi) is 1.55. The van der Waals surface area contributed by atoms with Crippen molar-refractivity contribution in [3.05, 3.63) is 29.3 Å². The summed E-state index contributed by atoms with van der Waals surface area (Å²) >= 11 is 0. The molecule has 0 atom stereocenters. The van der Waals surface area contributed by atoms with E-state index in [0.717, 1.165) is 18.7 Å². The molecule has 0 fully saturated rings. The molecule has 0 unspecified atom stereocenters. The van der Waals surface area contributed by atoms with Crippen molar-refractivity contribution in [3.8, 4) is 0 Å². The SMILES string of the molecule is Nc1cccc2c1COCC2. The highest BCUT2D eigenvalue weighted by Crippen LogP contribution is 2.21. The Balaban J connectivity index is 2.49. The van der Waals surface area contributed by atoms with Crippen LogP contribution in [0.4, 0.5) is 5.69 Å². The minimum absolute atomic E-state index is 0.683. The van der Waals surface area contributed by atoms with E-state index in [1.807, 2.05) is 12.1 Å². The fourth-order valence-corrected chi connectivity index (χ4v) is 1.42. The summed E-state index contributed by atoms with van der Waals surface area (Å²) in [4.78, 5) is 0. The van der Waals surface area contributed by atoms with Gasteiger partial charge in [0, 0.05) is 11.3 Å². The zero-order chi connectivity index (χ0) is 7.68. The van der Waals surface area contributed by atoms with E-state index in [1.54, 1.807) is 0 Å². The first-order valence-corrected chi connectivity index (χ1v) is 3.82. The number of hydrogen-bond donors (Lipinski definition) is 1. The van der Waals surface area contributed by atoms with Crippen molar-refractivity contribution in [1.82, 2.24) is 0 Å². The van der Waals surface area contributed by atoms with E-state index >= 15 is 0 Å². The largest absolute Gasteiger partial charge is 0.398 e. The number of nitrogen functional groups attached to an aromatic ring is 1. The summed E-state index contributed by atoms with van der Waals surface area (Å²) in [5.41, 5.74) is 9.15. The maximum atomic E-state index is 5.76. The Hall–Kier alpha value is -1.02. The maximum Gasteiger partial charge on any atom is 0.0739 e. The predicted octanol–water partition coefficient (Wildman–Crippen LogP) is 1.34.